The molecule has 1 rings (SSSR count). The Morgan fingerprint density at radius 2 is 2.56 bits per heavy atom. The van der Waals surface area contributed by atoms with E-state index in [1.54, 1.807) is 11.4 Å². The van der Waals surface area contributed by atoms with Gasteiger partial charge in [0, 0.05) is 15.9 Å². The molecule has 0 amide bonds. The van der Waals surface area contributed by atoms with Crippen LogP contribution in [0.2, 0.25) is 0 Å². The minimum atomic E-state index is -0.331. The van der Waals surface area contributed by atoms with Gasteiger partial charge >= 0.3 is 0 Å². The van der Waals surface area contributed by atoms with Gasteiger partial charge in [-0.2, -0.15) is 11.3 Å². The predicted molar refractivity (Wildman–Crippen MR) is 35.0 cm³/mol. The first-order valence-corrected chi connectivity index (χ1v) is 3.36. The highest BCUT2D eigenvalue weighted by atomic mass is 32.1. The molecule has 0 aromatic carbocycles. The van der Waals surface area contributed by atoms with E-state index in [0.717, 1.165) is 5.56 Å². The molecule has 0 atom stereocenters. The molecule has 1 aromatic heterocycles. The molecule has 1 aromatic rings. The molecule has 3 nitrogen and oxygen atoms in total. The van der Waals surface area contributed by atoms with E-state index in [1.807, 2.05) is 5.38 Å². The maximum Gasteiger partial charge on any atom is 0.229 e. The van der Waals surface area contributed by atoms with E-state index in [1.165, 1.54) is 11.3 Å². The molecule has 0 bridgehead atoms. The van der Waals surface area contributed by atoms with E-state index in [9.17, 15) is 10.1 Å². The third-order valence-electron chi connectivity index (χ3n) is 0.892. The smallest absolute Gasteiger partial charge is 0.229 e. The average Bonchev–Trinajstić information content (AvgIpc) is 2.15. The second-order valence-electron chi connectivity index (χ2n) is 1.62. The van der Waals surface area contributed by atoms with Crippen LogP contribution in [0.1, 0.15) is 5.56 Å². The first-order valence-electron chi connectivity index (χ1n) is 2.42. The molecule has 4 heteroatoms. The highest BCUT2D eigenvalue weighted by Crippen LogP contribution is 2.05. The Labute approximate surface area is 56.1 Å². The Morgan fingerprint density at radius 1 is 1.78 bits per heavy atom. The van der Waals surface area contributed by atoms with E-state index in [0.29, 0.717) is 0 Å². The lowest BCUT2D eigenvalue weighted by Crippen LogP contribution is -1.95. The van der Waals surface area contributed by atoms with Crippen LogP contribution in [0, 0.1) is 10.1 Å². The van der Waals surface area contributed by atoms with Gasteiger partial charge in [-0.05, 0) is 11.4 Å². The Morgan fingerprint density at radius 3 is 3.00 bits per heavy atom. The van der Waals surface area contributed by atoms with Crippen molar-refractivity contribution in [3.63, 3.8) is 0 Å². The zero-order valence-electron chi connectivity index (χ0n) is 4.61. The second-order valence-corrected chi connectivity index (χ2v) is 2.40. The predicted octanol–water partition coefficient (Wildman–Crippen LogP) is 1.52. The van der Waals surface area contributed by atoms with Crippen LogP contribution in [0.5, 0.6) is 0 Å². The van der Waals surface area contributed by atoms with Crippen LogP contribution < -0.4 is 0 Å². The molecule has 0 aliphatic carbocycles. The van der Waals surface area contributed by atoms with Crippen molar-refractivity contribution in [1.82, 2.24) is 0 Å². The molecule has 0 N–H and O–H groups in total. The maximum atomic E-state index is 9.88. The van der Waals surface area contributed by atoms with Crippen molar-refractivity contribution in [1.29, 1.82) is 0 Å². The van der Waals surface area contributed by atoms with Crippen LogP contribution in [0.15, 0.2) is 16.8 Å². The van der Waals surface area contributed by atoms with Gasteiger partial charge in [-0.15, -0.1) is 0 Å². The summed E-state index contributed by atoms with van der Waals surface area (Å²) in [6, 6.07) is 1.76. The van der Waals surface area contributed by atoms with Crippen LogP contribution in [-0.4, -0.2) is 4.92 Å². The second kappa shape index (κ2) is 2.59. The maximum absolute atomic E-state index is 9.88. The Kier molecular flexibility index (Phi) is 1.79. The highest BCUT2D eigenvalue weighted by molar-refractivity contribution is 7.07. The van der Waals surface area contributed by atoms with E-state index >= 15 is 0 Å². The topological polar surface area (TPSA) is 43.1 Å². The van der Waals surface area contributed by atoms with Gasteiger partial charge in [0.1, 0.15) is 0 Å². The van der Waals surface area contributed by atoms with Crippen molar-refractivity contribution in [2.75, 3.05) is 0 Å². The fourth-order valence-electron chi connectivity index (χ4n) is 0.532. The van der Waals surface area contributed by atoms with E-state index < -0.39 is 0 Å². The largest absolute Gasteiger partial charge is 0.264 e. The van der Waals surface area contributed by atoms with Gasteiger partial charge in [0.05, 0.1) is 0 Å². The molecule has 9 heavy (non-hydrogen) atoms. The first kappa shape index (κ1) is 6.22. The number of hydrogen-bond acceptors (Lipinski definition) is 3. The Balaban J connectivity index is 2.58. The number of nitrogens with zero attached hydrogens (tertiary/aromatic N) is 1. The van der Waals surface area contributed by atoms with Gasteiger partial charge in [0.2, 0.25) is 6.54 Å². The fourth-order valence-corrected chi connectivity index (χ4v) is 1.19. The molecule has 0 unspecified atom stereocenters. The highest BCUT2D eigenvalue weighted by Gasteiger charge is 1.98. The molecular formula is C5H5NO2S. The lowest BCUT2D eigenvalue weighted by molar-refractivity contribution is -0.496. The van der Waals surface area contributed by atoms with Crippen LogP contribution in [-0.2, 0) is 6.54 Å². The van der Waals surface area contributed by atoms with Crippen LogP contribution in [0.25, 0.3) is 0 Å². The van der Waals surface area contributed by atoms with Crippen LogP contribution in [0.3, 0.4) is 0 Å². The molecule has 0 saturated carbocycles. The van der Waals surface area contributed by atoms with Gasteiger partial charge in [-0.25, -0.2) is 0 Å². The third kappa shape index (κ3) is 1.81. The summed E-state index contributed by atoms with van der Waals surface area (Å²) < 4.78 is 0. The summed E-state index contributed by atoms with van der Waals surface area (Å²) in [5, 5.41) is 13.5. The summed E-state index contributed by atoms with van der Waals surface area (Å²) in [5.74, 6) is 0. The lowest BCUT2D eigenvalue weighted by atomic mass is 10.3. The normalized spacial score (nSPS) is 9.33. The summed E-state index contributed by atoms with van der Waals surface area (Å²) >= 11 is 1.48. The van der Waals surface area contributed by atoms with Crippen LogP contribution >= 0.6 is 11.3 Å². The van der Waals surface area contributed by atoms with Crippen molar-refractivity contribution in [3.05, 3.63) is 32.5 Å². The summed E-state index contributed by atoms with van der Waals surface area (Å²) in [6.45, 7) is -0.0521. The van der Waals surface area contributed by atoms with Crippen molar-refractivity contribution in [2.24, 2.45) is 0 Å². The SMILES string of the molecule is O=[N+]([O-])Cc1ccsc1. The lowest BCUT2D eigenvalue weighted by Gasteiger charge is -1.84. The Hall–Kier alpha value is -0.900. The molecule has 48 valence electrons. The number of nitro groups is 1. The summed E-state index contributed by atoms with van der Waals surface area (Å²) in [7, 11) is 0. The van der Waals surface area contributed by atoms with Crippen molar-refractivity contribution in [3.8, 4) is 0 Å². The summed E-state index contributed by atoms with van der Waals surface area (Å²) in [5.41, 5.74) is 0.782. The van der Waals surface area contributed by atoms with Crippen LogP contribution in [0.4, 0.5) is 0 Å². The van der Waals surface area contributed by atoms with Crippen molar-refractivity contribution >= 4 is 11.3 Å². The molecule has 0 saturated heterocycles. The molecule has 0 spiro atoms. The minimum absolute atomic E-state index is 0.0521. The standard InChI is InChI=1S/C5H5NO2S/c7-6(8)3-5-1-2-9-4-5/h1-2,4H,3H2. The average molecular weight is 143 g/mol. The quantitative estimate of drug-likeness (QED) is 0.465. The third-order valence-corrected chi connectivity index (χ3v) is 1.62. The zero-order chi connectivity index (χ0) is 6.69. The molecule has 1 heterocycles. The van der Waals surface area contributed by atoms with Gasteiger partial charge < -0.3 is 0 Å². The molecular weight excluding hydrogens is 138 g/mol. The van der Waals surface area contributed by atoms with E-state index in [4.69, 9.17) is 0 Å². The summed E-state index contributed by atoms with van der Waals surface area (Å²) in [6.07, 6.45) is 0. The number of rotatable bonds is 2. The minimum Gasteiger partial charge on any atom is -0.264 e. The molecule has 0 fully saturated rings. The Bertz CT molecular complexity index is 195. The monoisotopic (exact) mass is 143 g/mol. The van der Waals surface area contributed by atoms with Gasteiger partial charge in [-0.3, -0.25) is 10.1 Å². The van der Waals surface area contributed by atoms with Crippen molar-refractivity contribution < 1.29 is 4.92 Å². The zero-order valence-corrected chi connectivity index (χ0v) is 5.43. The van der Waals surface area contributed by atoms with E-state index in [2.05, 4.69) is 0 Å². The molecule has 0 radical (unpaired) electrons. The van der Waals surface area contributed by atoms with Gasteiger partial charge in [0.15, 0.2) is 0 Å². The first-order chi connectivity index (χ1) is 4.29. The molecule has 0 aliphatic heterocycles. The fraction of sp³-hybridized carbons (Fsp3) is 0.200. The number of hydrogen-bond donors (Lipinski definition) is 0. The van der Waals surface area contributed by atoms with Gasteiger partial charge in [-0.1, -0.05) is 0 Å². The van der Waals surface area contributed by atoms with Crippen molar-refractivity contribution in [2.45, 2.75) is 6.54 Å². The summed E-state index contributed by atoms with van der Waals surface area (Å²) in [4.78, 5) is 9.55. The molecule has 0 aliphatic rings. The number of thiophene rings is 1. The van der Waals surface area contributed by atoms with E-state index in [-0.39, 0.29) is 11.5 Å². The van der Waals surface area contributed by atoms with Gasteiger partial charge in [0.25, 0.3) is 0 Å².